The molecule has 126 valence electrons. The summed E-state index contributed by atoms with van der Waals surface area (Å²) in [6, 6.07) is 5.19. The van der Waals surface area contributed by atoms with Gasteiger partial charge < -0.3 is 14.6 Å². The highest BCUT2D eigenvalue weighted by atomic mass is 19.1. The molecule has 3 rings (SSSR count). The van der Waals surface area contributed by atoms with Crippen LogP contribution >= 0.6 is 0 Å². The van der Waals surface area contributed by atoms with E-state index in [9.17, 15) is 4.39 Å². The van der Waals surface area contributed by atoms with Gasteiger partial charge in [-0.25, -0.2) is 14.1 Å². The van der Waals surface area contributed by atoms with E-state index in [1.807, 2.05) is 20.0 Å². The van der Waals surface area contributed by atoms with E-state index in [2.05, 4.69) is 15.4 Å². The van der Waals surface area contributed by atoms with E-state index in [0.29, 0.717) is 18.8 Å². The molecule has 0 saturated carbocycles. The summed E-state index contributed by atoms with van der Waals surface area (Å²) in [5.41, 5.74) is 3.29. The molecule has 0 aliphatic carbocycles. The number of nitrogens with zero attached hydrogens (tertiary/aromatic N) is 4. The van der Waals surface area contributed by atoms with Gasteiger partial charge in [0.25, 0.3) is 0 Å². The van der Waals surface area contributed by atoms with Crippen LogP contribution in [0.5, 0.6) is 5.88 Å². The predicted octanol–water partition coefficient (Wildman–Crippen LogP) is 2.35. The van der Waals surface area contributed by atoms with Gasteiger partial charge in [-0.2, -0.15) is 5.10 Å². The van der Waals surface area contributed by atoms with E-state index in [1.165, 1.54) is 6.07 Å². The summed E-state index contributed by atoms with van der Waals surface area (Å²) >= 11 is 0. The Kier molecular flexibility index (Phi) is 4.61. The standard InChI is InChI=1S/C17H20FN5O/c1-12-14(17(24-3)22(2)21-12)10-20-9-13-4-5-16(15(18)8-13)23-7-6-19-11-23/h4-8,11,20H,9-10H2,1-3H3. The zero-order valence-corrected chi connectivity index (χ0v) is 14.0. The molecule has 24 heavy (non-hydrogen) atoms. The van der Waals surface area contributed by atoms with Gasteiger partial charge in [0.1, 0.15) is 5.82 Å². The normalized spacial score (nSPS) is 11.0. The molecule has 0 fully saturated rings. The largest absolute Gasteiger partial charge is 0.481 e. The maximum atomic E-state index is 14.2. The number of hydrogen-bond acceptors (Lipinski definition) is 4. The minimum Gasteiger partial charge on any atom is -0.481 e. The molecule has 0 aliphatic rings. The number of nitrogens with one attached hydrogen (secondary N) is 1. The fraction of sp³-hybridized carbons (Fsp3) is 0.294. The van der Waals surface area contributed by atoms with Crippen molar-refractivity contribution in [3.63, 3.8) is 0 Å². The third kappa shape index (κ3) is 3.16. The van der Waals surface area contributed by atoms with Gasteiger partial charge in [0.05, 0.1) is 30.4 Å². The lowest BCUT2D eigenvalue weighted by molar-refractivity contribution is 0.368. The first-order chi connectivity index (χ1) is 11.6. The molecule has 0 saturated heterocycles. The van der Waals surface area contributed by atoms with Crippen molar-refractivity contribution in [1.29, 1.82) is 0 Å². The maximum Gasteiger partial charge on any atom is 0.216 e. The average molecular weight is 329 g/mol. The number of rotatable bonds is 6. The molecule has 0 atom stereocenters. The van der Waals surface area contributed by atoms with Gasteiger partial charge in [0, 0.05) is 32.5 Å². The number of hydrogen-bond donors (Lipinski definition) is 1. The fourth-order valence-electron chi connectivity index (χ4n) is 2.74. The third-order valence-corrected chi connectivity index (χ3v) is 3.91. The van der Waals surface area contributed by atoms with Crippen LogP contribution in [0.15, 0.2) is 36.9 Å². The first-order valence-electron chi connectivity index (χ1n) is 7.64. The first-order valence-corrected chi connectivity index (χ1v) is 7.64. The van der Waals surface area contributed by atoms with E-state index in [1.54, 1.807) is 41.1 Å². The van der Waals surface area contributed by atoms with Crippen LogP contribution in [0.1, 0.15) is 16.8 Å². The molecule has 0 unspecified atom stereocenters. The number of methoxy groups -OCH3 is 1. The molecule has 0 amide bonds. The van der Waals surface area contributed by atoms with Crippen molar-refractivity contribution in [3.8, 4) is 11.6 Å². The molecule has 0 aliphatic heterocycles. The highest BCUT2D eigenvalue weighted by molar-refractivity contribution is 5.36. The quantitative estimate of drug-likeness (QED) is 0.754. The smallest absolute Gasteiger partial charge is 0.216 e. The first kappa shape index (κ1) is 16.2. The molecule has 7 heteroatoms. The maximum absolute atomic E-state index is 14.2. The van der Waals surface area contributed by atoms with Crippen LogP contribution in [0, 0.1) is 12.7 Å². The molecule has 6 nitrogen and oxygen atoms in total. The second-order valence-electron chi connectivity index (χ2n) is 5.56. The lowest BCUT2D eigenvalue weighted by Crippen LogP contribution is -2.14. The molecule has 0 radical (unpaired) electrons. The highest BCUT2D eigenvalue weighted by Crippen LogP contribution is 2.21. The van der Waals surface area contributed by atoms with Gasteiger partial charge >= 0.3 is 0 Å². The second kappa shape index (κ2) is 6.84. The Morgan fingerprint density at radius 2 is 2.12 bits per heavy atom. The minimum atomic E-state index is -0.276. The molecule has 1 aromatic carbocycles. The number of imidazole rings is 1. The second-order valence-corrected chi connectivity index (χ2v) is 5.56. The van der Waals surface area contributed by atoms with Crippen molar-refractivity contribution in [2.75, 3.05) is 7.11 Å². The van der Waals surface area contributed by atoms with Crippen LogP contribution in [0.25, 0.3) is 5.69 Å². The molecule has 0 bridgehead atoms. The number of aromatic nitrogens is 4. The van der Waals surface area contributed by atoms with E-state index < -0.39 is 0 Å². The van der Waals surface area contributed by atoms with Gasteiger partial charge in [0.2, 0.25) is 5.88 Å². The molecular weight excluding hydrogens is 309 g/mol. The van der Waals surface area contributed by atoms with Crippen molar-refractivity contribution in [3.05, 3.63) is 59.6 Å². The summed E-state index contributed by atoms with van der Waals surface area (Å²) in [7, 11) is 3.48. The van der Waals surface area contributed by atoms with E-state index >= 15 is 0 Å². The zero-order valence-electron chi connectivity index (χ0n) is 14.0. The summed E-state index contributed by atoms with van der Waals surface area (Å²) in [5.74, 6) is 0.462. The number of ether oxygens (including phenoxy) is 1. The van der Waals surface area contributed by atoms with Gasteiger partial charge in [-0.15, -0.1) is 0 Å². The molecule has 0 spiro atoms. The Morgan fingerprint density at radius 3 is 2.79 bits per heavy atom. The fourth-order valence-corrected chi connectivity index (χ4v) is 2.74. The molecule has 1 N–H and O–H groups in total. The molecule has 2 aromatic heterocycles. The van der Waals surface area contributed by atoms with Crippen molar-refractivity contribution in [2.24, 2.45) is 7.05 Å². The Hall–Kier alpha value is -2.67. The summed E-state index contributed by atoms with van der Waals surface area (Å²) in [5, 5.41) is 7.65. The number of benzene rings is 1. The van der Waals surface area contributed by atoms with Gasteiger partial charge in [-0.05, 0) is 24.6 Å². The Bertz CT molecular complexity index is 826. The van der Waals surface area contributed by atoms with E-state index in [4.69, 9.17) is 4.74 Å². The van der Waals surface area contributed by atoms with Crippen LogP contribution < -0.4 is 10.1 Å². The molecular formula is C17H20FN5O. The van der Waals surface area contributed by atoms with E-state index in [-0.39, 0.29) is 5.82 Å². The van der Waals surface area contributed by atoms with Crippen LogP contribution in [0.2, 0.25) is 0 Å². The Balaban J connectivity index is 1.67. The van der Waals surface area contributed by atoms with Crippen molar-refractivity contribution >= 4 is 0 Å². The van der Waals surface area contributed by atoms with Crippen molar-refractivity contribution in [1.82, 2.24) is 24.6 Å². The monoisotopic (exact) mass is 329 g/mol. The lowest BCUT2D eigenvalue weighted by Gasteiger charge is -2.09. The number of halogens is 1. The topological polar surface area (TPSA) is 56.9 Å². The molecule has 3 aromatic rings. The SMILES string of the molecule is COc1c(CNCc2ccc(-n3ccnc3)c(F)c2)c(C)nn1C. The van der Waals surface area contributed by atoms with E-state index in [0.717, 1.165) is 22.7 Å². The van der Waals surface area contributed by atoms with Gasteiger partial charge in [0.15, 0.2) is 0 Å². The highest BCUT2D eigenvalue weighted by Gasteiger charge is 2.13. The van der Waals surface area contributed by atoms with Crippen molar-refractivity contribution in [2.45, 2.75) is 20.0 Å². The average Bonchev–Trinajstić information content (AvgIpc) is 3.16. The van der Waals surface area contributed by atoms with Gasteiger partial charge in [-0.3, -0.25) is 0 Å². The van der Waals surface area contributed by atoms with Crippen molar-refractivity contribution < 1.29 is 9.13 Å². The summed E-state index contributed by atoms with van der Waals surface area (Å²) in [6.07, 6.45) is 4.92. The van der Waals surface area contributed by atoms with Crippen LogP contribution in [0.3, 0.4) is 0 Å². The molecule has 2 heterocycles. The van der Waals surface area contributed by atoms with Gasteiger partial charge in [-0.1, -0.05) is 6.07 Å². The Morgan fingerprint density at radius 1 is 1.29 bits per heavy atom. The van der Waals surface area contributed by atoms with Crippen LogP contribution in [-0.2, 0) is 20.1 Å². The number of aryl methyl sites for hydroxylation is 2. The third-order valence-electron chi connectivity index (χ3n) is 3.91. The minimum absolute atomic E-state index is 0.276. The summed E-state index contributed by atoms with van der Waals surface area (Å²) < 4.78 is 23.0. The lowest BCUT2D eigenvalue weighted by atomic mass is 10.2. The summed E-state index contributed by atoms with van der Waals surface area (Å²) in [4.78, 5) is 3.94. The van der Waals surface area contributed by atoms with Crippen LogP contribution in [0.4, 0.5) is 4.39 Å². The Labute approximate surface area is 139 Å². The summed E-state index contributed by atoms with van der Waals surface area (Å²) in [6.45, 7) is 3.10. The zero-order chi connectivity index (χ0) is 17.1. The predicted molar refractivity (Wildman–Crippen MR) is 88.6 cm³/mol. The van der Waals surface area contributed by atoms with Crippen LogP contribution in [-0.4, -0.2) is 26.4 Å².